The van der Waals surface area contributed by atoms with E-state index in [0.717, 1.165) is 13.1 Å². The molecule has 1 aromatic rings. The summed E-state index contributed by atoms with van der Waals surface area (Å²) in [6.07, 6.45) is -0.457. The molecule has 1 saturated heterocycles. The lowest BCUT2D eigenvalue weighted by Gasteiger charge is -2.22. The first-order chi connectivity index (χ1) is 12.3. The van der Waals surface area contributed by atoms with Gasteiger partial charge in [-0.15, -0.1) is 0 Å². The quantitative estimate of drug-likeness (QED) is 0.788. The minimum Gasteiger partial charge on any atom is -0.466 e. The Balaban J connectivity index is 1.96. The lowest BCUT2D eigenvalue weighted by Crippen LogP contribution is -2.38. The van der Waals surface area contributed by atoms with Gasteiger partial charge in [0, 0.05) is 32.1 Å². The van der Waals surface area contributed by atoms with Crippen LogP contribution >= 0.6 is 0 Å². The molecule has 1 aliphatic heterocycles. The molecule has 0 spiro atoms. The van der Waals surface area contributed by atoms with E-state index in [1.165, 1.54) is 5.56 Å². The van der Waals surface area contributed by atoms with E-state index in [0.29, 0.717) is 19.7 Å². The normalized spacial score (nSPS) is 20.6. The molecule has 0 radical (unpaired) electrons. The van der Waals surface area contributed by atoms with Gasteiger partial charge in [0.05, 0.1) is 12.5 Å². The van der Waals surface area contributed by atoms with Crippen molar-refractivity contribution in [2.45, 2.75) is 39.8 Å². The molecule has 1 N–H and O–H groups in total. The van der Waals surface area contributed by atoms with Gasteiger partial charge in [-0.1, -0.05) is 30.3 Å². The number of ether oxygens (including phenoxy) is 2. The zero-order valence-electron chi connectivity index (χ0n) is 16.2. The Bertz CT molecular complexity index is 598. The average molecular weight is 362 g/mol. The molecule has 1 aromatic carbocycles. The van der Waals surface area contributed by atoms with Gasteiger partial charge < -0.3 is 14.8 Å². The highest BCUT2D eigenvalue weighted by atomic mass is 16.6. The minimum absolute atomic E-state index is 0.00489. The molecule has 6 heteroatoms. The smallest absolute Gasteiger partial charge is 0.407 e. The second-order valence-corrected chi connectivity index (χ2v) is 7.68. The topological polar surface area (TPSA) is 67.9 Å². The van der Waals surface area contributed by atoms with Gasteiger partial charge in [0.25, 0.3) is 0 Å². The lowest BCUT2D eigenvalue weighted by atomic mass is 9.96. The zero-order valence-corrected chi connectivity index (χ0v) is 16.2. The van der Waals surface area contributed by atoms with E-state index in [9.17, 15) is 9.59 Å². The van der Waals surface area contributed by atoms with Crippen molar-refractivity contribution < 1.29 is 19.1 Å². The molecule has 1 fully saturated rings. The summed E-state index contributed by atoms with van der Waals surface area (Å²) < 4.78 is 10.5. The van der Waals surface area contributed by atoms with Crippen molar-refractivity contribution in [3.8, 4) is 0 Å². The van der Waals surface area contributed by atoms with Crippen LogP contribution in [0.1, 0.15) is 33.3 Å². The molecule has 6 nitrogen and oxygen atoms in total. The molecule has 0 unspecified atom stereocenters. The van der Waals surface area contributed by atoms with E-state index >= 15 is 0 Å². The van der Waals surface area contributed by atoms with Crippen molar-refractivity contribution in [1.82, 2.24) is 10.2 Å². The van der Waals surface area contributed by atoms with Crippen molar-refractivity contribution in [1.29, 1.82) is 0 Å². The second-order valence-electron chi connectivity index (χ2n) is 7.68. The van der Waals surface area contributed by atoms with Crippen molar-refractivity contribution in [2.75, 3.05) is 26.2 Å². The highest BCUT2D eigenvalue weighted by Gasteiger charge is 2.38. The van der Waals surface area contributed by atoms with Crippen molar-refractivity contribution in [2.24, 2.45) is 11.8 Å². The number of esters is 1. The summed E-state index contributed by atoms with van der Waals surface area (Å²) in [4.78, 5) is 26.5. The van der Waals surface area contributed by atoms with Crippen LogP contribution in [0.5, 0.6) is 0 Å². The third kappa shape index (κ3) is 6.33. The Morgan fingerprint density at radius 3 is 2.50 bits per heavy atom. The van der Waals surface area contributed by atoms with Gasteiger partial charge >= 0.3 is 12.1 Å². The van der Waals surface area contributed by atoms with Gasteiger partial charge in [0.2, 0.25) is 0 Å². The van der Waals surface area contributed by atoms with Crippen LogP contribution in [0, 0.1) is 11.8 Å². The summed E-state index contributed by atoms with van der Waals surface area (Å²) >= 11 is 0. The standard InChI is InChI=1S/C20H30N2O4/c1-5-25-18(23)17-14-22(12-15-9-7-6-8-10-15)13-16(17)11-21-19(24)26-20(2,3)4/h6-10,16-17H,5,11-14H2,1-4H3,(H,21,24)/t16-,17+/m0/s1. The number of rotatable bonds is 6. The highest BCUT2D eigenvalue weighted by molar-refractivity contribution is 5.74. The van der Waals surface area contributed by atoms with E-state index in [1.807, 2.05) is 45.9 Å². The number of benzene rings is 1. The first-order valence-electron chi connectivity index (χ1n) is 9.18. The predicted molar refractivity (Wildman–Crippen MR) is 99.6 cm³/mol. The number of amides is 1. The van der Waals surface area contributed by atoms with Gasteiger partial charge in [-0.25, -0.2) is 4.79 Å². The Kier molecular flexibility index (Phi) is 7.03. The molecule has 26 heavy (non-hydrogen) atoms. The van der Waals surface area contributed by atoms with E-state index in [2.05, 4.69) is 22.3 Å². The Morgan fingerprint density at radius 2 is 1.88 bits per heavy atom. The summed E-state index contributed by atoms with van der Waals surface area (Å²) in [5.74, 6) is -0.432. The number of carbonyl (C=O) groups is 2. The number of likely N-dealkylation sites (tertiary alicyclic amines) is 1. The van der Waals surface area contributed by atoms with Crippen LogP contribution in [0.15, 0.2) is 30.3 Å². The van der Waals surface area contributed by atoms with Crippen LogP contribution in [0.4, 0.5) is 4.79 Å². The molecule has 0 aromatic heterocycles. The maximum absolute atomic E-state index is 12.3. The fourth-order valence-electron chi connectivity index (χ4n) is 3.18. The molecule has 0 saturated carbocycles. The van der Waals surface area contributed by atoms with Gasteiger partial charge in [0.1, 0.15) is 5.60 Å². The van der Waals surface area contributed by atoms with Crippen molar-refractivity contribution in [3.63, 3.8) is 0 Å². The molecule has 0 aliphatic carbocycles. The number of hydrogen-bond donors (Lipinski definition) is 1. The van der Waals surface area contributed by atoms with E-state index in [4.69, 9.17) is 9.47 Å². The number of nitrogens with one attached hydrogen (secondary N) is 1. The van der Waals surface area contributed by atoms with Crippen LogP contribution in [0.25, 0.3) is 0 Å². The number of carbonyl (C=O) groups excluding carboxylic acids is 2. The highest BCUT2D eigenvalue weighted by Crippen LogP contribution is 2.26. The summed E-state index contributed by atoms with van der Waals surface area (Å²) in [5.41, 5.74) is 0.662. The van der Waals surface area contributed by atoms with Crippen LogP contribution in [0.2, 0.25) is 0 Å². The van der Waals surface area contributed by atoms with Crippen molar-refractivity contribution >= 4 is 12.1 Å². The molecule has 1 aliphatic rings. The molecule has 1 heterocycles. The molecule has 2 atom stereocenters. The molecule has 2 rings (SSSR count). The van der Waals surface area contributed by atoms with Gasteiger partial charge in [-0.05, 0) is 33.3 Å². The number of hydrogen-bond acceptors (Lipinski definition) is 5. The Hall–Kier alpha value is -2.08. The number of nitrogens with zero attached hydrogens (tertiary/aromatic N) is 1. The summed E-state index contributed by atoms with van der Waals surface area (Å²) in [7, 11) is 0. The van der Waals surface area contributed by atoms with Gasteiger partial charge in [-0.2, -0.15) is 0 Å². The first kappa shape index (κ1) is 20.2. The van der Waals surface area contributed by atoms with E-state index < -0.39 is 11.7 Å². The van der Waals surface area contributed by atoms with Crippen LogP contribution < -0.4 is 5.32 Å². The SMILES string of the molecule is CCOC(=O)[C@@H]1CN(Cc2ccccc2)C[C@@H]1CNC(=O)OC(C)(C)C. The van der Waals surface area contributed by atoms with E-state index in [1.54, 1.807) is 0 Å². The summed E-state index contributed by atoms with van der Waals surface area (Å²) in [6, 6.07) is 10.2. The maximum atomic E-state index is 12.3. The predicted octanol–water partition coefficient (Wildman–Crippen LogP) is 2.82. The monoisotopic (exact) mass is 362 g/mol. The van der Waals surface area contributed by atoms with E-state index in [-0.39, 0.29) is 17.8 Å². The third-order valence-electron chi connectivity index (χ3n) is 4.26. The van der Waals surface area contributed by atoms with Crippen molar-refractivity contribution in [3.05, 3.63) is 35.9 Å². The third-order valence-corrected chi connectivity index (χ3v) is 4.26. The summed E-state index contributed by atoms with van der Waals surface area (Å²) in [6.45, 7) is 10.2. The lowest BCUT2D eigenvalue weighted by molar-refractivity contribution is -0.148. The Morgan fingerprint density at radius 1 is 1.19 bits per heavy atom. The molecular formula is C20H30N2O4. The zero-order chi connectivity index (χ0) is 19.2. The fraction of sp³-hybridized carbons (Fsp3) is 0.600. The first-order valence-corrected chi connectivity index (χ1v) is 9.18. The largest absolute Gasteiger partial charge is 0.466 e. The fourth-order valence-corrected chi connectivity index (χ4v) is 3.18. The van der Waals surface area contributed by atoms with Crippen LogP contribution in [-0.2, 0) is 20.8 Å². The second kappa shape index (κ2) is 9.03. The van der Waals surface area contributed by atoms with Gasteiger partial charge in [0.15, 0.2) is 0 Å². The Labute approximate surface area is 155 Å². The molecule has 0 bridgehead atoms. The summed E-state index contributed by atoms with van der Waals surface area (Å²) in [5, 5.41) is 2.80. The maximum Gasteiger partial charge on any atom is 0.407 e. The molecular weight excluding hydrogens is 332 g/mol. The molecule has 144 valence electrons. The van der Waals surface area contributed by atoms with Crippen LogP contribution in [0.3, 0.4) is 0 Å². The molecule has 1 amide bonds. The van der Waals surface area contributed by atoms with Gasteiger partial charge in [-0.3, -0.25) is 9.69 Å². The number of alkyl carbamates (subject to hydrolysis) is 1. The van der Waals surface area contributed by atoms with Crippen LogP contribution in [-0.4, -0.2) is 48.8 Å². The minimum atomic E-state index is -0.542. The average Bonchev–Trinajstić information content (AvgIpc) is 2.95.